The van der Waals surface area contributed by atoms with Crippen molar-refractivity contribution in [3.63, 3.8) is 0 Å². The van der Waals surface area contributed by atoms with E-state index in [1.807, 2.05) is 0 Å². The SMILES string of the molecule is Cc1cccc2cccc(N3Cc4nc(OC[C@@H]5CCCN5C)nc(N5CCN(C(=O)/C=C/CF)[C@@H](CC#N)C5)c4CC34COC4)c12. The summed E-state index contributed by atoms with van der Waals surface area (Å²) in [4.78, 5) is 31.7. The number of rotatable bonds is 8. The van der Waals surface area contributed by atoms with Crippen LogP contribution < -0.4 is 14.5 Å². The Bertz CT molecular complexity index is 1720. The maximum Gasteiger partial charge on any atom is 0.318 e. The number of fused-ring (bicyclic) bond motifs is 2. The molecule has 0 saturated carbocycles. The number of carbonyl (C=O) groups excluding carboxylic acids is 1. The van der Waals surface area contributed by atoms with E-state index in [0.717, 1.165) is 36.5 Å². The first-order chi connectivity index (χ1) is 22.9. The average molecular weight is 640 g/mol. The van der Waals surface area contributed by atoms with Gasteiger partial charge < -0.3 is 29.1 Å². The Morgan fingerprint density at radius 1 is 1.17 bits per heavy atom. The Labute approximate surface area is 275 Å². The first kappa shape index (κ1) is 31.3. The van der Waals surface area contributed by atoms with Crippen LogP contribution in [0.5, 0.6) is 6.01 Å². The van der Waals surface area contributed by atoms with Crippen LogP contribution >= 0.6 is 0 Å². The number of carbonyl (C=O) groups is 1. The van der Waals surface area contributed by atoms with Gasteiger partial charge in [0.1, 0.15) is 19.1 Å². The molecule has 3 saturated heterocycles. The molecular weight excluding hydrogens is 597 g/mol. The van der Waals surface area contributed by atoms with Crippen LogP contribution in [0, 0.1) is 18.3 Å². The molecule has 0 N–H and O–H groups in total. The van der Waals surface area contributed by atoms with Crippen LogP contribution in [-0.4, -0.2) is 103 Å². The van der Waals surface area contributed by atoms with Crippen LogP contribution in [0.4, 0.5) is 15.9 Å². The molecular formula is C36H42FN7O3. The Hall–Kier alpha value is -4.27. The number of aromatic nitrogens is 2. The molecule has 11 heteroatoms. The number of likely N-dealkylation sites (N-methyl/N-ethyl adjacent to an activating group) is 1. The number of nitriles is 1. The molecule has 4 aliphatic heterocycles. The van der Waals surface area contributed by atoms with E-state index in [4.69, 9.17) is 19.4 Å². The summed E-state index contributed by atoms with van der Waals surface area (Å²) in [5.74, 6) is 0.530. The van der Waals surface area contributed by atoms with E-state index in [2.05, 4.69) is 71.1 Å². The van der Waals surface area contributed by atoms with E-state index < -0.39 is 6.67 Å². The van der Waals surface area contributed by atoms with Crippen LogP contribution in [0.15, 0.2) is 48.6 Å². The van der Waals surface area contributed by atoms with Crippen molar-refractivity contribution < 1.29 is 18.7 Å². The van der Waals surface area contributed by atoms with E-state index in [9.17, 15) is 14.4 Å². The second-order valence-corrected chi connectivity index (χ2v) is 13.3. The standard InChI is InChI=1S/C36H42FN7O3/c1-25-7-3-8-26-9-4-11-31(33(25)26)44-21-30-29(19-36(44)23-46-24-36)34(40-35(39-30)47-22-28-10-6-16-41(28)2)42-17-18-43(27(20-42)13-15-38)32(45)12-5-14-37/h3-5,7-9,11-12,27-28H,6,10,13-14,16-24H2,1-2H3/b12-5+/t27-,28-/m0/s1. The van der Waals surface area contributed by atoms with E-state index in [1.54, 1.807) is 4.90 Å². The molecule has 1 amide bonds. The second kappa shape index (κ2) is 13.1. The molecule has 5 heterocycles. The molecule has 3 aromatic rings. The molecule has 0 bridgehead atoms. The number of amides is 1. The molecule has 1 spiro atoms. The average Bonchev–Trinajstić information content (AvgIpc) is 3.48. The molecule has 4 aliphatic rings. The van der Waals surface area contributed by atoms with Crippen molar-refractivity contribution in [2.24, 2.45) is 0 Å². The number of benzene rings is 2. The lowest BCUT2D eigenvalue weighted by Crippen LogP contribution is -2.66. The minimum Gasteiger partial charge on any atom is -0.462 e. The highest BCUT2D eigenvalue weighted by atomic mass is 19.1. The number of allylic oxidation sites excluding steroid dienone is 1. The van der Waals surface area contributed by atoms with Gasteiger partial charge in [-0.1, -0.05) is 30.3 Å². The van der Waals surface area contributed by atoms with E-state index in [1.165, 1.54) is 34.2 Å². The smallest absolute Gasteiger partial charge is 0.318 e. The number of hydrogen-bond donors (Lipinski definition) is 0. The molecule has 2 atom stereocenters. The van der Waals surface area contributed by atoms with Gasteiger partial charge in [0.25, 0.3) is 0 Å². The molecule has 7 rings (SSSR count). The maximum atomic E-state index is 12.9. The van der Waals surface area contributed by atoms with Crippen LogP contribution in [0.1, 0.15) is 36.1 Å². The fourth-order valence-electron chi connectivity index (χ4n) is 7.76. The van der Waals surface area contributed by atoms with Crippen molar-refractivity contribution in [3.8, 4) is 12.1 Å². The molecule has 0 aliphatic carbocycles. The summed E-state index contributed by atoms with van der Waals surface area (Å²) in [6.07, 6.45) is 5.58. The van der Waals surface area contributed by atoms with Crippen molar-refractivity contribution in [2.45, 2.75) is 56.8 Å². The summed E-state index contributed by atoms with van der Waals surface area (Å²) < 4.78 is 25.1. The molecule has 2 aromatic carbocycles. The Balaban J connectivity index is 1.27. The minimum atomic E-state index is -0.706. The molecule has 1 aromatic heterocycles. The predicted octanol–water partition coefficient (Wildman–Crippen LogP) is 4.20. The number of hydrogen-bond acceptors (Lipinski definition) is 9. The van der Waals surface area contributed by atoms with Crippen molar-refractivity contribution in [3.05, 3.63) is 65.4 Å². The van der Waals surface area contributed by atoms with Crippen molar-refractivity contribution >= 4 is 28.2 Å². The van der Waals surface area contributed by atoms with Gasteiger partial charge in [0.05, 0.1) is 49.5 Å². The number of nitrogens with zero attached hydrogens (tertiary/aromatic N) is 7. The topological polar surface area (TPSA) is 98.1 Å². The number of alkyl halides is 1. The fourth-order valence-corrected chi connectivity index (χ4v) is 7.76. The van der Waals surface area contributed by atoms with Crippen LogP contribution in [0.2, 0.25) is 0 Å². The van der Waals surface area contributed by atoms with Gasteiger partial charge in [-0.15, -0.1) is 0 Å². The second-order valence-electron chi connectivity index (χ2n) is 13.3. The summed E-state index contributed by atoms with van der Waals surface area (Å²) in [5.41, 5.74) is 4.14. The zero-order valence-corrected chi connectivity index (χ0v) is 27.2. The minimum absolute atomic E-state index is 0.169. The van der Waals surface area contributed by atoms with Crippen molar-refractivity contribution in [2.75, 3.05) is 69.5 Å². The molecule has 0 unspecified atom stereocenters. The molecule has 47 heavy (non-hydrogen) atoms. The van der Waals surface area contributed by atoms with Gasteiger partial charge in [-0.05, 0) is 56.4 Å². The number of halogens is 1. The van der Waals surface area contributed by atoms with Crippen LogP contribution in [0.25, 0.3) is 10.8 Å². The fraction of sp³-hybridized carbons (Fsp3) is 0.500. The van der Waals surface area contributed by atoms with E-state index in [-0.39, 0.29) is 23.9 Å². The monoisotopic (exact) mass is 639 g/mol. The maximum absolute atomic E-state index is 12.9. The summed E-state index contributed by atoms with van der Waals surface area (Å²) in [5, 5.41) is 12.1. The van der Waals surface area contributed by atoms with E-state index >= 15 is 0 Å². The third-order valence-electron chi connectivity index (χ3n) is 10.4. The normalized spacial score (nSPS) is 22.5. The molecule has 0 radical (unpaired) electrons. The molecule has 10 nitrogen and oxygen atoms in total. The third-order valence-corrected chi connectivity index (χ3v) is 10.4. The van der Waals surface area contributed by atoms with Crippen molar-refractivity contribution in [1.82, 2.24) is 19.8 Å². The summed E-state index contributed by atoms with van der Waals surface area (Å²) >= 11 is 0. The van der Waals surface area contributed by atoms with Crippen LogP contribution in [0.3, 0.4) is 0 Å². The lowest BCUT2D eigenvalue weighted by molar-refractivity contribution is -0.128. The summed E-state index contributed by atoms with van der Waals surface area (Å²) in [6, 6.07) is 15.5. The summed E-state index contributed by atoms with van der Waals surface area (Å²) in [6.45, 7) is 6.16. The first-order valence-electron chi connectivity index (χ1n) is 16.6. The highest BCUT2D eigenvalue weighted by Gasteiger charge is 2.50. The van der Waals surface area contributed by atoms with Crippen LogP contribution in [-0.2, 0) is 22.5 Å². The zero-order valence-electron chi connectivity index (χ0n) is 27.2. The van der Waals surface area contributed by atoms with E-state index in [0.29, 0.717) is 64.5 Å². The molecule has 246 valence electrons. The summed E-state index contributed by atoms with van der Waals surface area (Å²) in [7, 11) is 2.13. The van der Waals surface area contributed by atoms with Crippen molar-refractivity contribution in [1.29, 1.82) is 5.26 Å². The quantitative estimate of drug-likeness (QED) is 0.336. The lowest BCUT2D eigenvalue weighted by Gasteiger charge is -2.54. The predicted molar refractivity (Wildman–Crippen MR) is 178 cm³/mol. The first-order valence-corrected chi connectivity index (χ1v) is 16.6. The van der Waals surface area contributed by atoms with Gasteiger partial charge in [0.2, 0.25) is 5.91 Å². The van der Waals surface area contributed by atoms with Gasteiger partial charge in [-0.25, -0.2) is 4.39 Å². The number of likely N-dealkylation sites (tertiary alicyclic amines) is 1. The number of ether oxygens (including phenoxy) is 2. The Kier molecular flexibility index (Phi) is 8.73. The zero-order chi connectivity index (χ0) is 32.5. The van der Waals surface area contributed by atoms with Gasteiger partial charge in [0, 0.05) is 54.8 Å². The Morgan fingerprint density at radius 2 is 2.00 bits per heavy atom. The Morgan fingerprint density at radius 3 is 2.72 bits per heavy atom. The molecule has 3 fully saturated rings. The van der Waals surface area contributed by atoms with Gasteiger partial charge in [-0.2, -0.15) is 15.2 Å². The number of anilines is 2. The number of aryl methyl sites for hydroxylation is 1. The van der Waals surface area contributed by atoms with Gasteiger partial charge in [-0.3, -0.25) is 4.79 Å². The largest absolute Gasteiger partial charge is 0.462 e. The highest BCUT2D eigenvalue weighted by molar-refractivity contribution is 5.97. The van der Waals surface area contributed by atoms with Gasteiger partial charge >= 0.3 is 6.01 Å². The van der Waals surface area contributed by atoms with Gasteiger partial charge in [0.15, 0.2) is 0 Å². The third kappa shape index (κ3) is 5.89. The highest BCUT2D eigenvalue weighted by Crippen LogP contribution is 2.45. The number of piperazine rings is 1. The lowest BCUT2D eigenvalue weighted by atomic mass is 9.81.